The summed E-state index contributed by atoms with van der Waals surface area (Å²) in [6.45, 7) is 64.8. The summed E-state index contributed by atoms with van der Waals surface area (Å²) in [5, 5.41) is 0. The lowest BCUT2D eigenvalue weighted by Gasteiger charge is -2.08. The molecule has 0 radical (unpaired) electrons. The number of nitrogens with zero attached hydrogens (tertiary/aromatic N) is 14. The molecule has 9 heterocycles. The first-order valence-electron chi connectivity index (χ1n) is 33.6. The maximum Gasteiger partial charge on any atom is 0.131 e. The van der Waals surface area contributed by atoms with Crippen LogP contribution < -0.4 is 0 Å². The van der Waals surface area contributed by atoms with Crippen molar-refractivity contribution >= 4 is 0 Å². The van der Waals surface area contributed by atoms with Gasteiger partial charge in [0.1, 0.15) is 23.3 Å². The summed E-state index contributed by atoms with van der Waals surface area (Å²) in [5.74, 6) is 8.13. The highest BCUT2D eigenvalue weighted by molar-refractivity contribution is 5.27. The van der Waals surface area contributed by atoms with E-state index < -0.39 is 0 Å². The van der Waals surface area contributed by atoms with Crippen LogP contribution in [0.25, 0.3) is 0 Å². The predicted molar refractivity (Wildman–Crippen MR) is 395 cm³/mol. The summed E-state index contributed by atoms with van der Waals surface area (Å²) in [6, 6.07) is 14.6. The van der Waals surface area contributed by atoms with Gasteiger partial charge in [0.2, 0.25) is 0 Å². The average Bonchev–Trinajstić information content (AvgIpc) is 1.35. The van der Waals surface area contributed by atoms with Crippen molar-refractivity contribution in [2.24, 2.45) is 0 Å². The molecule has 0 unspecified atom stereocenters. The standard InChI is InChI=1S/3C10H15N.C9H14N2.C9H13N.4C8H12N2/c2*1-7(2)10-5-8(3)9(4)6-11-10;1-7(2)10-5-8(3)6-11-9(10)4;1-6(2)9-10-7(3)5-8(4)11-9;1-7(2)9-5-4-8(3)6-10-9;1-6(2)8-4-9-7(3)10-5-8;1-6(2)8-5-9-7(3)4-10-8;1-6(2)8-9-4-7(3)5-10-8;1-6(2)8-9-5-4-7(3)10-8/h3*5-7H,1-4H3;5-6H,1-4H3;4-7H,1-3H3;4*4-6H,1-3H3. The van der Waals surface area contributed by atoms with Gasteiger partial charge in [-0.25, -0.2) is 39.9 Å². The predicted octanol–water partition coefficient (Wildman–Crippen LogP) is 20.8. The number of hydrogen-bond acceptors (Lipinski definition) is 14. The molecule has 14 heteroatoms. The van der Waals surface area contributed by atoms with E-state index in [1.54, 1.807) is 12.4 Å². The highest BCUT2D eigenvalue weighted by Gasteiger charge is 2.07. The Kier molecular flexibility index (Phi) is 39.2. The fraction of sp³-hybridized carbons (Fsp3) is 0.500. The van der Waals surface area contributed by atoms with E-state index in [2.05, 4.69) is 273 Å². The van der Waals surface area contributed by atoms with Crippen LogP contribution in [0.2, 0.25) is 0 Å². The lowest BCUT2D eigenvalue weighted by Crippen LogP contribution is -2.00. The van der Waals surface area contributed by atoms with E-state index >= 15 is 0 Å². The Morgan fingerprint density at radius 1 is 0.245 bits per heavy atom. The molecule has 0 saturated heterocycles. The van der Waals surface area contributed by atoms with Crippen molar-refractivity contribution in [2.75, 3.05) is 0 Å². The smallest absolute Gasteiger partial charge is 0.131 e. The highest BCUT2D eigenvalue weighted by Crippen LogP contribution is 2.19. The molecule has 0 aromatic carbocycles. The summed E-state index contributed by atoms with van der Waals surface area (Å²) in [7, 11) is 0. The van der Waals surface area contributed by atoms with Crippen molar-refractivity contribution in [3.63, 3.8) is 0 Å². The highest BCUT2D eigenvalue weighted by atomic mass is 14.9. The second-order valence-corrected chi connectivity index (χ2v) is 27.1. The molecule has 14 nitrogen and oxygen atoms in total. The molecule has 0 fully saturated rings. The van der Waals surface area contributed by atoms with Crippen molar-refractivity contribution in [1.29, 1.82) is 0 Å². The van der Waals surface area contributed by atoms with Crippen LogP contribution in [0.4, 0.5) is 0 Å². The van der Waals surface area contributed by atoms with Gasteiger partial charge < -0.3 is 0 Å². The molecule has 9 aromatic rings. The zero-order valence-corrected chi connectivity index (χ0v) is 63.8. The minimum atomic E-state index is 0.425. The van der Waals surface area contributed by atoms with Gasteiger partial charge >= 0.3 is 0 Å². The van der Waals surface area contributed by atoms with E-state index in [9.17, 15) is 0 Å². The van der Waals surface area contributed by atoms with Gasteiger partial charge in [0, 0.05) is 126 Å². The van der Waals surface area contributed by atoms with Crippen LogP contribution in [0.3, 0.4) is 0 Å². The van der Waals surface area contributed by atoms with E-state index in [1.165, 1.54) is 61.6 Å². The Morgan fingerprint density at radius 2 is 0.681 bits per heavy atom. The first-order chi connectivity index (χ1) is 43.9. The van der Waals surface area contributed by atoms with Gasteiger partial charge in [-0.05, 0) is 206 Å². The Hall–Kier alpha value is -8.00. The van der Waals surface area contributed by atoms with E-state index in [4.69, 9.17) is 0 Å². The Bertz CT molecular complexity index is 3240. The van der Waals surface area contributed by atoms with Gasteiger partial charge in [-0.2, -0.15) is 0 Å². The maximum atomic E-state index is 4.34. The number of hydrogen-bond donors (Lipinski definition) is 0. The third kappa shape index (κ3) is 34.8. The molecule has 0 bridgehead atoms. The van der Waals surface area contributed by atoms with Gasteiger partial charge in [0.15, 0.2) is 0 Å². The van der Waals surface area contributed by atoms with Crippen molar-refractivity contribution in [3.8, 4) is 0 Å². The van der Waals surface area contributed by atoms with Crippen LogP contribution in [0, 0.1) is 90.0 Å². The fourth-order valence-electron chi connectivity index (χ4n) is 7.85. The average molecular weight is 1280 g/mol. The third-order valence-corrected chi connectivity index (χ3v) is 14.4. The first-order valence-corrected chi connectivity index (χ1v) is 33.6. The number of rotatable bonds is 9. The summed E-state index contributed by atoms with van der Waals surface area (Å²) in [4.78, 5) is 59.2. The summed E-state index contributed by atoms with van der Waals surface area (Å²) >= 11 is 0. The molecule has 0 aliphatic carbocycles. The van der Waals surface area contributed by atoms with Gasteiger partial charge in [-0.1, -0.05) is 137 Å². The second-order valence-electron chi connectivity index (χ2n) is 27.1. The van der Waals surface area contributed by atoms with Crippen molar-refractivity contribution in [2.45, 2.75) is 268 Å². The van der Waals surface area contributed by atoms with E-state index in [-0.39, 0.29) is 0 Å². The number of aryl methyl sites for hydroxylation is 13. The van der Waals surface area contributed by atoms with Crippen LogP contribution in [-0.4, -0.2) is 69.8 Å². The fourth-order valence-corrected chi connectivity index (χ4v) is 7.85. The molecule has 94 heavy (non-hydrogen) atoms. The minimum Gasteiger partial charge on any atom is -0.261 e. The van der Waals surface area contributed by atoms with Crippen LogP contribution in [0.1, 0.15) is 303 Å². The molecule has 0 N–H and O–H groups in total. The first kappa shape index (κ1) is 84.0. The van der Waals surface area contributed by atoms with Crippen LogP contribution in [0.5, 0.6) is 0 Å². The zero-order valence-electron chi connectivity index (χ0n) is 63.8. The van der Waals surface area contributed by atoms with Crippen LogP contribution >= 0.6 is 0 Å². The van der Waals surface area contributed by atoms with Gasteiger partial charge in [-0.3, -0.25) is 29.9 Å². The summed E-state index contributed by atoms with van der Waals surface area (Å²) < 4.78 is 0. The molecule has 0 aliphatic rings. The molecule has 0 spiro atoms. The van der Waals surface area contributed by atoms with Crippen molar-refractivity contribution < 1.29 is 0 Å². The minimum absolute atomic E-state index is 0.425. The monoisotopic (exact) mass is 1280 g/mol. The van der Waals surface area contributed by atoms with E-state index in [0.29, 0.717) is 53.3 Å². The van der Waals surface area contributed by atoms with Crippen molar-refractivity contribution in [1.82, 2.24) is 69.8 Å². The SMILES string of the molecule is Cc1cc(C)nc(C(C)C)n1.Cc1ccc(C(C)C)nc1.Cc1ccnc(C(C)C)n1.Cc1cnc(C(C)C)cc1C.Cc1cnc(C(C)C)cc1C.Cc1cnc(C(C)C)cn1.Cc1cnc(C(C)C)nc1.Cc1cnc(C)c(C(C)C)c1.Cc1ncc(C(C)C)cn1. The molecule has 0 saturated carbocycles. The molecule has 0 aliphatic heterocycles. The second kappa shape index (κ2) is 43.8. The molecular formula is C80H120N14. The molecule has 9 rings (SSSR count). The quantitative estimate of drug-likeness (QED) is 0.133. The lowest BCUT2D eigenvalue weighted by atomic mass is 10.0. The van der Waals surface area contributed by atoms with E-state index in [1.807, 2.05) is 109 Å². The zero-order chi connectivity index (χ0) is 71.5. The lowest BCUT2D eigenvalue weighted by molar-refractivity contribution is 0.758. The molecule has 9 aromatic heterocycles. The van der Waals surface area contributed by atoms with Gasteiger partial charge in [0.25, 0.3) is 0 Å². The number of aromatic nitrogens is 14. The maximum absolute atomic E-state index is 4.34. The molecule has 0 atom stereocenters. The largest absolute Gasteiger partial charge is 0.261 e. The van der Waals surface area contributed by atoms with Gasteiger partial charge in [0.05, 0.1) is 11.4 Å². The molecule has 510 valence electrons. The molecular weight excluding hydrogens is 1160 g/mol. The van der Waals surface area contributed by atoms with E-state index in [0.717, 1.165) is 63.0 Å². The van der Waals surface area contributed by atoms with Crippen LogP contribution in [-0.2, 0) is 0 Å². The van der Waals surface area contributed by atoms with Crippen LogP contribution in [0.15, 0.2) is 111 Å². The topological polar surface area (TPSA) is 180 Å². The number of pyridine rings is 4. The normalized spacial score (nSPS) is 10.5. The summed E-state index contributed by atoms with van der Waals surface area (Å²) in [6.07, 6.45) is 20.6. The Labute approximate surface area is 570 Å². The Morgan fingerprint density at radius 3 is 1.04 bits per heavy atom. The van der Waals surface area contributed by atoms with Crippen molar-refractivity contribution in [3.05, 3.63) is 235 Å². The molecule has 0 amide bonds. The van der Waals surface area contributed by atoms with Gasteiger partial charge in [-0.15, -0.1) is 0 Å². The summed E-state index contributed by atoms with van der Waals surface area (Å²) in [5.41, 5.74) is 21.3. The third-order valence-electron chi connectivity index (χ3n) is 14.4. The Balaban J connectivity index is 0.000000529.